The van der Waals surface area contributed by atoms with Crippen LogP contribution in [-0.4, -0.2) is 23.4 Å². The molecule has 2 aromatic rings. The quantitative estimate of drug-likeness (QED) is 0.657. The predicted octanol–water partition coefficient (Wildman–Crippen LogP) is 2.61. The maximum atomic E-state index is 9.45. The number of methoxy groups -OCH3 is 1. The van der Waals surface area contributed by atoms with Crippen LogP contribution in [0.4, 0.5) is 5.13 Å². The van der Waals surface area contributed by atoms with Crippen LogP contribution >= 0.6 is 11.3 Å². The molecule has 6 heteroatoms. The van der Waals surface area contributed by atoms with Crippen LogP contribution in [0.25, 0.3) is 0 Å². The maximum Gasteiger partial charge on any atom is 0.203 e. The highest BCUT2D eigenvalue weighted by Crippen LogP contribution is 2.25. The average Bonchev–Trinajstić information content (AvgIpc) is 2.77. The largest absolute Gasteiger partial charge is 0.504 e. The van der Waals surface area contributed by atoms with E-state index in [1.807, 2.05) is 12.3 Å². The minimum atomic E-state index is 0.109. The van der Waals surface area contributed by atoms with Crippen LogP contribution in [0.2, 0.25) is 0 Å². The van der Waals surface area contributed by atoms with Gasteiger partial charge in [-0.1, -0.05) is 0 Å². The lowest BCUT2D eigenvalue weighted by Crippen LogP contribution is -1.91. The summed E-state index contributed by atoms with van der Waals surface area (Å²) in [5.41, 5.74) is 4.63. The minimum absolute atomic E-state index is 0.109. The first-order valence-electron chi connectivity index (χ1n) is 5.27. The number of phenols is 1. The Bertz CT molecular complexity index is 566. The summed E-state index contributed by atoms with van der Waals surface area (Å²) in [7, 11) is 1.51. The maximum absolute atomic E-state index is 9.45. The van der Waals surface area contributed by atoms with Crippen molar-refractivity contribution in [2.24, 2.45) is 5.10 Å². The van der Waals surface area contributed by atoms with Crippen molar-refractivity contribution in [2.75, 3.05) is 12.5 Å². The molecule has 0 spiro atoms. The van der Waals surface area contributed by atoms with Crippen molar-refractivity contribution in [3.63, 3.8) is 0 Å². The highest BCUT2D eigenvalue weighted by molar-refractivity contribution is 7.13. The van der Waals surface area contributed by atoms with Crippen LogP contribution in [0, 0.1) is 6.92 Å². The number of aromatic hydroxyl groups is 1. The van der Waals surface area contributed by atoms with E-state index in [-0.39, 0.29) is 5.75 Å². The van der Waals surface area contributed by atoms with Gasteiger partial charge in [0.05, 0.1) is 19.0 Å². The SMILES string of the molecule is COc1cc(/C=N/Nc2nc(C)cs2)ccc1O. The normalized spacial score (nSPS) is 10.8. The van der Waals surface area contributed by atoms with Gasteiger partial charge in [-0.05, 0) is 30.7 Å². The molecule has 0 bridgehead atoms. The summed E-state index contributed by atoms with van der Waals surface area (Å²) >= 11 is 1.49. The van der Waals surface area contributed by atoms with Crippen LogP contribution in [0.5, 0.6) is 11.5 Å². The second-order valence-corrected chi connectivity index (χ2v) is 4.45. The molecule has 0 unspecified atom stereocenters. The number of ether oxygens (including phenoxy) is 1. The molecule has 2 N–H and O–H groups in total. The molecule has 1 aromatic heterocycles. The van der Waals surface area contributed by atoms with Gasteiger partial charge in [-0.3, -0.25) is 5.43 Å². The van der Waals surface area contributed by atoms with Gasteiger partial charge in [-0.15, -0.1) is 11.3 Å². The number of nitrogens with one attached hydrogen (secondary N) is 1. The Balaban J connectivity index is 2.04. The molecule has 0 aliphatic rings. The summed E-state index contributed by atoms with van der Waals surface area (Å²) in [5.74, 6) is 0.530. The standard InChI is InChI=1S/C12H13N3O2S/c1-8-7-18-12(14-8)15-13-6-9-3-4-10(16)11(5-9)17-2/h3-7,16H,1-2H3,(H,14,15)/b13-6+. The summed E-state index contributed by atoms with van der Waals surface area (Å²) in [5, 5.41) is 16.2. The van der Waals surface area contributed by atoms with Crippen LogP contribution in [0.15, 0.2) is 28.7 Å². The number of anilines is 1. The Morgan fingerprint density at radius 3 is 3.00 bits per heavy atom. The lowest BCUT2D eigenvalue weighted by atomic mass is 10.2. The summed E-state index contributed by atoms with van der Waals surface area (Å²) in [6, 6.07) is 5.01. The number of phenolic OH excluding ortho intramolecular Hbond substituents is 1. The molecule has 18 heavy (non-hydrogen) atoms. The Morgan fingerprint density at radius 1 is 1.50 bits per heavy atom. The molecule has 0 fully saturated rings. The van der Waals surface area contributed by atoms with Crippen molar-refractivity contribution >= 4 is 22.7 Å². The highest BCUT2D eigenvalue weighted by Gasteiger charge is 2.00. The van der Waals surface area contributed by atoms with E-state index >= 15 is 0 Å². The zero-order valence-electron chi connectivity index (χ0n) is 10.0. The minimum Gasteiger partial charge on any atom is -0.504 e. The monoisotopic (exact) mass is 263 g/mol. The molecular formula is C12H13N3O2S. The fourth-order valence-corrected chi connectivity index (χ4v) is 1.98. The van der Waals surface area contributed by atoms with Crippen LogP contribution < -0.4 is 10.2 Å². The van der Waals surface area contributed by atoms with Crippen LogP contribution in [-0.2, 0) is 0 Å². The van der Waals surface area contributed by atoms with Gasteiger partial charge in [0.15, 0.2) is 11.5 Å². The van der Waals surface area contributed by atoms with E-state index in [4.69, 9.17) is 4.74 Å². The summed E-state index contributed by atoms with van der Waals surface area (Å²) in [6.07, 6.45) is 1.64. The van der Waals surface area contributed by atoms with Crippen LogP contribution in [0.1, 0.15) is 11.3 Å². The van der Waals surface area contributed by atoms with E-state index in [1.165, 1.54) is 18.4 Å². The van der Waals surface area contributed by atoms with E-state index in [2.05, 4.69) is 15.5 Å². The number of aryl methyl sites for hydroxylation is 1. The van der Waals surface area contributed by atoms with Crippen molar-refractivity contribution in [1.82, 2.24) is 4.98 Å². The van der Waals surface area contributed by atoms with Gasteiger partial charge in [0, 0.05) is 5.38 Å². The van der Waals surface area contributed by atoms with Crippen molar-refractivity contribution in [3.05, 3.63) is 34.8 Å². The van der Waals surface area contributed by atoms with E-state index in [1.54, 1.807) is 24.4 Å². The highest BCUT2D eigenvalue weighted by atomic mass is 32.1. The molecule has 1 aromatic carbocycles. The van der Waals surface area contributed by atoms with E-state index < -0.39 is 0 Å². The molecule has 0 saturated carbocycles. The third kappa shape index (κ3) is 2.98. The van der Waals surface area contributed by atoms with Crippen molar-refractivity contribution in [2.45, 2.75) is 6.92 Å². The van der Waals surface area contributed by atoms with E-state index in [9.17, 15) is 5.11 Å². The second kappa shape index (κ2) is 5.50. The molecule has 1 heterocycles. The molecule has 2 rings (SSSR count). The molecule has 0 atom stereocenters. The summed E-state index contributed by atoms with van der Waals surface area (Å²) < 4.78 is 5.01. The Labute approximate surface area is 109 Å². The Hall–Kier alpha value is -2.08. The molecule has 0 saturated heterocycles. The van der Waals surface area contributed by atoms with Gasteiger partial charge in [0.25, 0.3) is 0 Å². The van der Waals surface area contributed by atoms with Crippen LogP contribution in [0.3, 0.4) is 0 Å². The third-order valence-corrected chi connectivity index (χ3v) is 3.06. The summed E-state index contributed by atoms with van der Waals surface area (Å²) in [4.78, 5) is 4.22. The van der Waals surface area contributed by atoms with Crippen molar-refractivity contribution < 1.29 is 9.84 Å². The van der Waals surface area contributed by atoms with E-state index in [0.717, 1.165) is 16.4 Å². The summed E-state index contributed by atoms with van der Waals surface area (Å²) in [6.45, 7) is 1.93. The molecule has 0 amide bonds. The molecule has 0 radical (unpaired) electrons. The number of hydrogen-bond donors (Lipinski definition) is 2. The molecule has 94 valence electrons. The van der Waals surface area contributed by atoms with Gasteiger partial charge < -0.3 is 9.84 Å². The predicted molar refractivity (Wildman–Crippen MR) is 72.7 cm³/mol. The Morgan fingerprint density at radius 2 is 2.33 bits per heavy atom. The van der Waals surface area contributed by atoms with Crippen molar-refractivity contribution in [1.29, 1.82) is 0 Å². The number of aromatic nitrogens is 1. The first-order valence-corrected chi connectivity index (χ1v) is 6.15. The average molecular weight is 263 g/mol. The molecule has 5 nitrogen and oxygen atoms in total. The first kappa shape index (κ1) is 12.4. The number of hydrogen-bond acceptors (Lipinski definition) is 6. The fourth-order valence-electron chi connectivity index (χ4n) is 1.34. The number of rotatable bonds is 4. The van der Waals surface area contributed by atoms with E-state index in [0.29, 0.717) is 5.75 Å². The molecule has 0 aliphatic heterocycles. The number of thiazole rings is 1. The van der Waals surface area contributed by atoms with Crippen molar-refractivity contribution in [3.8, 4) is 11.5 Å². The zero-order chi connectivity index (χ0) is 13.0. The Kier molecular flexibility index (Phi) is 3.78. The third-order valence-electron chi connectivity index (χ3n) is 2.20. The second-order valence-electron chi connectivity index (χ2n) is 3.60. The van der Waals surface area contributed by atoms with Gasteiger partial charge in [-0.25, -0.2) is 4.98 Å². The first-order chi connectivity index (χ1) is 8.69. The van der Waals surface area contributed by atoms with Gasteiger partial charge >= 0.3 is 0 Å². The number of hydrazone groups is 1. The number of nitrogens with zero attached hydrogens (tertiary/aromatic N) is 2. The topological polar surface area (TPSA) is 66.7 Å². The van der Waals surface area contributed by atoms with Gasteiger partial charge in [0.2, 0.25) is 5.13 Å². The van der Waals surface area contributed by atoms with Gasteiger partial charge in [0.1, 0.15) is 0 Å². The fraction of sp³-hybridized carbons (Fsp3) is 0.167. The zero-order valence-corrected chi connectivity index (χ0v) is 10.9. The molecular weight excluding hydrogens is 250 g/mol. The smallest absolute Gasteiger partial charge is 0.203 e. The molecule has 0 aliphatic carbocycles. The lowest BCUT2D eigenvalue weighted by Gasteiger charge is -2.03. The lowest BCUT2D eigenvalue weighted by molar-refractivity contribution is 0.373. The number of benzene rings is 1. The van der Waals surface area contributed by atoms with Gasteiger partial charge in [-0.2, -0.15) is 5.10 Å².